The molecule has 0 aliphatic rings. The van der Waals surface area contributed by atoms with Crippen molar-refractivity contribution in [3.05, 3.63) is 34.7 Å². The highest BCUT2D eigenvalue weighted by molar-refractivity contribution is 7.09. The minimum Gasteiger partial charge on any atom is -0.459 e. The van der Waals surface area contributed by atoms with Crippen LogP contribution in [0.4, 0.5) is 5.82 Å². The number of thiophene rings is 1. The van der Waals surface area contributed by atoms with Gasteiger partial charge in [0.05, 0.1) is 0 Å². The third-order valence-corrected chi connectivity index (χ3v) is 2.76. The number of nitrogen functional groups attached to an aromatic ring is 1. The Kier molecular flexibility index (Phi) is 3.21. The average molecular weight is 237 g/mol. The highest BCUT2D eigenvalue weighted by Gasteiger charge is 2.05. The van der Waals surface area contributed by atoms with Gasteiger partial charge in [0.25, 0.3) is 0 Å². The fraction of sp³-hybridized carbons (Fsp3) is 0.200. The second kappa shape index (κ2) is 4.80. The van der Waals surface area contributed by atoms with Crippen LogP contribution >= 0.6 is 11.3 Å². The molecular formula is C10H11N3O2S. The molecule has 0 aromatic carbocycles. The quantitative estimate of drug-likeness (QED) is 0.813. The molecule has 2 aromatic heterocycles. The van der Waals surface area contributed by atoms with E-state index in [-0.39, 0.29) is 12.5 Å². The number of nitrogens with two attached hydrogens (primary N) is 1. The molecule has 84 valence electrons. The first-order valence-electron chi connectivity index (χ1n) is 4.71. The zero-order chi connectivity index (χ0) is 11.4. The topological polar surface area (TPSA) is 70.1 Å². The lowest BCUT2D eigenvalue weighted by Gasteiger charge is -2.02. The summed E-state index contributed by atoms with van der Waals surface area (Å²) in [5.74, 6) is 0.0718. The van der Waals surface area contributed by atoms with E-state index in [1.165, 1.54) is 4.68 Å². The van der Waals surface area contributed by atoms with E-state index in [0.717, 1.165) is 4.88 Å². The van der Waals surface area contributed by atoms with Gasteiger partial charge in [0.1, 0.15) is 19.0 Å². The average Bonchev–Trinajstić information content (AvgIpc) is 2.87. The van der Waals surface area contributed by atoms with E-state index < -0.39 is 0 Å². The zero-order valence-corrected chi connectivity index (χ0v) is 9.31. The number of hydrogen-bond acceptors (Lipinski definition) is 5. The molecule has 16 heavy (non-hydrogen) atoms. The van der Waals surface area contributed by atoms with E-state index >= 15 is 0 Å². The summed E-state index contributed by atoms with van der Waals surface area (Å²) < 4.78 is 6.52. The van der Waals surface area contributed by atoms with E-state index in [2.05, 4.69) is 5.10 Å². The molecule has 0 unspecified atom stereocenters. The summed E-state index contributed by atoms with van der Waals surface area (Å²) in [5.41, 5.74) is 5.42. The van der Waals surface area contributed by atoms with Crippen molar-refractivity contribution in [1.29, 1.82) is 0 Å². The van der Waals surface area contributed by atoms with Gasteiger partial charge in [-0.3, -0.25) is 9.48 Å². The van der Waals surface area contributed by atoms with Crippen molar-refractivity contribution in [2.45, 2.75) is 13.2 Å². The predicted molar refractivity (Wildman–Crippen MR) is 60.8 cm³/mol. The summed E-state index contributed by atoms with van der Waals surface area (Å²) in [5, 5.41) is 5.83. The molecule has 0 amide bonds. The normalized spacial score (nSPS) is 10.2. The van der Waals surface area contributed by atoms with Gasteiger partial charge in [-0.25, -0.2) is 0 Å². The van der Waals surface area contributed by atoms with Crippen LogP contribution in [-0.4, -0.2) is 15.7 Å². The number of esters is 1. The van der Waals surface area contributed by atoms with Gasteiger partial charge in [0.2, 0.25) is 0 Å². The number of anilines is 1. The molecule has 0 saturated heterocycles. The number of aromatic nitrogens is 2. The van der Waals surface area contributed by atoms with Gasteiger partial charge in [0, 0.05) is 11.1 Å². The van der Waals surface area contributed by atoms with Crippen LogP contribution in [-0.2, 0) is 22.7 Å². The van der Waals surface area contributed by atoms with Crippen LogP contribution in [0.15, 0.2) is 29.8 Å². The molecule has 0 radical (unpaired) electrons. The number of hydrogen-bond donors (Lipinski definition) is 1. The van der Waals surface area contributed by atoms with Crippen molar-refractivity contribution >= 4 is 23.1 Å². The molecule has 0 fully saturated rings. The Labute approximate surface area is 96.4 Å². The standard InChI is InChI=1S/C10H11N3O2S/c11-9-3-4-13(12-9)6-10(14)15-7-8-2-1-5-16-8/h1-5H,6-7H2,(H2,11,12). The van der Waals surface area contributed by atoms with Crippen molar-refractivity contribution in [3.8, 4) is 0 Å². The number of carbonyl (C=O) groups excluding carboxylic acids is 1. The van der Waals surface area contributed by atoms with Crippen LogP contribution < -0.4 is 5.73 Å². The van der Waals surface area contributed by atoms with E-state index in [0.29, 0.717) is 12.4 Å². The van der Waals surface area contributed by atoms with Crippen LogP contribution in [0.2, 0.25) is 0 Å². The smallest absolute Gasteiger partial charge is 0.328 e. The van der Waals surface area contributed by atoms with Gasteiger partial charge in [-0.15, -0.1) is 11.3 Å². The summed E-state index contributed by atoms with van der Waals surface area (Å²) in [7, 11) is 0. The zero-order valence-electron chi connectivity index (χ0n) is 8.50. The van der Waals surface area contributed by atoms with Crippen LogP contribution in [0.3, 0.4) is 0 Å². The van der Waals surface area contributed by atoms with Crippen molar-refractivity contribution < 1.29 is 9.53 Å². The van der Waals surface area contributed by atoms with Gasteiger partial charge < -0.3 is 10.5 Å². The Morgan fingerprint density at radius 2 is 2.44 bits per heavy atom. The first-order valence-corrected chi connectivity index (χ1v) is 5.59. The fourth-order valence-electron chi connectivity index (χ4n) is 1.19. The SMILES string of the molecule is Nc1ccn(CC(=O)OCc2cccs2)n1. The Morgan fingerprint density at radius 3 is 3.06 bits per heavy atom. The van der Waals surface area contributed by atoms with Crippen LogP contribution in [0.5, 0.6) is 0 Å². The van der Waals surface area contributed by atoms with Gasteiger partial charge in [-0.1, -0.05) is 6.07 Å². The molecule has 5 nitrogen and oxygen atoms in total. The Balaban J connectivity index is 1.81. The largest absolute Gasteiger partial charge is 0.459 e. The second-order valence-electron chi connectivity index (χ2n) is 3.18. The van der Waals surface area contributed by atoms with E-state index in [1.807, 2.05) is 17.5 Å². The summed E-state index contributed by atoms with van der Waals surface area (Å²) in [6, 6.07) is 5.47. The maximum absolute atomic E-state index is 11.4. The van der Waals surface area contributed by atoms with E-state index in [4.69, 9.17) is 10.5 Å². The molecule has 0 saturated carbocycles. The van der Waals surface area contributed by atoms with E-state index in [9.17, 15) is 4.79 Å². The molecular weight excluding hydrogens is 226 g/mol. The monoisotopic (exact) mass is 237 g/mol. The molecule has 2 rings (SSSR count). The van der Waals surface area contributed by atoms with Gasteiger partial charge in [-0.2, -0.15) is 5.10 Å². The predicted octanol–water partition coefficient (Wildman–Crippen LogP) is 1.27. The Morgan fingerprint density at radius 1 is 1.56 bits per heavy atom. The maximum atomic E-state index is 11.4. The maximum Gasteiger partial charge on any atom is 0.328 e. The molecule has 0 spiro atoms. The number of carbonyl (C=O) groups is 1. The van der Waals surface area contributed by atoms with Gasteiger partial charge >= 0.3 is 5.97 Å². The van der Waals surface area contributed by atoms with Crippen LogP contribution in [0.25, 0.3) is 0 Å². The van der Waals surface area contributed by atoms with Crippen molar-refractivity contribution in [2.24, 2.45) is 0 Å². The Bertz CT molecular complexity index is 464. The third-order valence-electron chi connectivity index (χ3n) is 1.91. The first kappa shape index (κ1) is 10.7. The molecule has 6 heteroatoms. The van der Waals surface area contributed by atoms with E-state index in [1.54, 1.807) is 23.6 Å². The molecule has 2 aromatic rings. The molecule has 0 aliphatic carbocycles. The highest BCUT2D eigenvalue weighted by Crippen LogP contribution is 2.09. The van der Waals surface area contributed by atoms with Gasteiger partial charge in [-0.05, 0) is 17.5 Å². The molecule has 0 aliphatic heterocycles. The van der Waals surface area contributed by atoms with Crippen LogP contribution in [0.1, 0.15) is 4.88 Å². The minimum absolute atomic E-state index is 0.0859. The van der Waals surface area contributed by atoms with Crippen LogP contribution in [0, 0.1) is 0 Å². The Hall–Kier alpha value is -1.82. The first-order chi connectivity index (χ1) is 7.74. The van der Waals surface area contributed by atoms with Gasteiger partial charge in [0.15, 0.2) is 0 Å². The second-order valence-corrected chi connectivity index (χ2v) is 4.21. The lowest BCUT2D eigenvalue weighted by atomic mass is 10.5. The fourth-order valence-corrected chi connectivity index (χ4v) is 1.81. The minimum atomic E-state index is -0.323. The summed E-state index contributed by atoms with van der Waals surface area (Å²) in [4.78, 5) is 12.4. The lowest BCUT2D eigenvalue weighted by Crippen LogP contribution is -2.13. The summed E-state index contributed by atoms with van der Waals surface area (Å²) >= 11 is 1.56. The van der Waals surface area contributed by atoms with Crippen molar-refractivity contribution in [1.82, 2.24) is 9.78 Å². The lowest BCUT2D eigenvalue weighted by molar-refractivity contribution is -0.145. The molecule has 2 heterocycles. The number of ether oxygens (including phenoxy) is 1. The summed E-state index contributed by atoms with van der Waals surface area (Å²) in [6.45, 7) is 0.399. The van der Waals surface area contributed by atoms with Crippen molar-refractivity contribution in [3.63, 3.8) is 0 Å². The third kappa shape index (κ3) is 2.83. The molecule has 2 N–H and O–H groups in total. The number of nitrogens with zero attached hydrogens (tertiary/aromatic N) is 2. The summed E-state index contributed by atoms with van der Waals surface area (Å²) in [6.07, 6.45) is 1.64. The highest BCUT2D eigenvalue weighted by atomic mass is 32.1. The molecule has 0 atom stereocenters. The number of rotatable bonds is 4. The molecule has 0 bridgehead atoms. The van der Waals surface area contributed by atoms with Crippen molar-refractivity contribution in [2.75, 3.05) is 5.73 Å².